The molecule has 41 heavy (non-hydrogen) atoms. The Hall–Kier alpha value is -3.80. The molecule has 1 atom stereocenters. The SMILES string of the molecule is CC1(C)COC(=O)CN1C/C=C/C(=O)Nc1cc2c(Nc3ccc(F)c(Cl)c3)ncnc2cc1OCC1CCOC1. The number of amides is 1. The van der Waals surface area contributed by atoms with Crippen molar-refractivity contribution in [2.45, 2.75) is 25.8 Å². The van der Waals surface area contributed by atoms with Gasteiger partial charge in [0, 0.05) is 42.3 Å². The van der Waals surface area contributed by atoms with Crippen LogP contribution in [0.4, 0.5) is 21.6 Å². The van der Waals surface area contributed by atoms with Crippen molar-refractivity contribution >= 4 is 51.6 Å². The maximum Gasteiger partial charge on any atom is 0.320 e. The summed E-state index contributed by atoms with van der Waals surface area (Å²) >= 11 is 5.95. The summed E-state index contributed by atoms with van der Waals surface area (Å²) in [5.74, 6) is -0.0327. The van der Waals surface area contributed by atoms with Gasteiger partial charge in [-0.2, -0.15) is 0 Å². The fraction of sp³-hybridized carbons (Fsp3) is 0.379. The molecule has 1 amide bonds. The summed E-state index contributed by atoms with van der Waals surface area (Å²) in [7, 11) is 0. The van der Waals surface area contributed by atoms with Crippen molar-refractivity contribution in [3.8, 4) is 5.75 Å². The summed E-state index contributed by atoms with van der Waals surface area (Å²) in [6, 6.07) is 7.75. The van der Waals surface area contributed by atoms with Crippen LogP contribution in [0.3, 0.4) is 0 Å². The third kappa shape index (κ3) is 7.10. The molecule has 2 aromatic carbocycles. The number of nitrogens with zero attached hydrogens (tertiary/aromatic N) is 3. The number of benzene rings is 2. The van der Waals surface area contributed by atoms with Crippen LogP contribution >= 0.6 is 11.6 Å². The Bertz CT molecular complexity index is 1480. The fourth-order valence-corrected chi connectivity index (χ4v) is 4.75. The summed E-state index contributed by atoms with van der Waals surface area (Å²) in [6.45, 7) is 6.55. The average molecular weight is 584 g/mol. The molecule has 2 fully saturated rings. The van der Waals surface area contributed by atoms with E-state index in [0.717, 1.165) is 6.42 Å². The topological polar surface area (TPSA) is 115 Å². The van der Waals surface area contributed by atoms with E-state index in [2.05, 4.69) is 20.6 Å². The van der Waals surface area contributed by atoms with E-state index < -0.39 is 5.82 Å². The molecule has 3 aromatic rings. The third-order valence-corrected chi connectivity index (χ3v) is 7.32. The van der Waals surface area contributed by atoms with Gasteiger partial charge in [-0.3, -0.25) is 14.5 Å². The van der Waals surface area contributed by atoms with E-state index in [0.29, 0.717) is 60.2 Å². The minimum Gasteiger partial charge on any atom is -0.491 e. The lowest BCUT2D eigenvalue weighted by atomic mass is 10.0. The number of cyclic esters (lactones) is 1. The van der Waals surface area contributed by atoms with Crippen molar-refractivity contribution in [2.75, 3.05) is 50.2 Å². The first-order chi connectivity index (χ1) is 19.7. The number of esters is 1. The number of carbonyl (C=O) groups excluding carboxylic acids is 2. The molecule has 5 rings (SSSR count). The lowest BCUT2D eigenvalue weighted by Gasteiger charge is -2.40. The van der Waals surface area contributed by atoms with Gasteiger partial charge in [-0.15, -0.1) is 0 Å². The normalized spacial score (nSPS) is 18.9. The lowest BCUT2D eigenvalue weighted by Crippen LogP contribution is -2.54. The Morgan fingerprint density at radius 1 is 1.29 bits per heavy atom. The summed E-state index contributed by atoms with van der Waals surface area (Å²) in [5, 5.41) is 6.64. The number of hydrogen-bond donors (Lipinski definition) is 2. The van der Waals surface area contributed by atoms with E-state index in [-0.39, 0.29) is 41.5 Å². The van der Waals surface area contributed by atoms with Crippen LogP contribution in [0.1, 0.15) is 20.3 Å². The Balaban J connectivity index is 1.38. The van der Waals surface area contributed by atoms with Crippen molar-refractivity contribution in [1.29, 1.82) is 0 Å². The Labute approximate surface area is 241 Å². The van der Waals surface area contributed by atoms with Crippen LogP contribution in [-0.4, -0.2) is 71.8 Å². The second kappa shape index (κ2) is 12.4. The van der Waals surface area contributed by atoms with Gasteiger partial charge in [-0.05, 0) is 44.5 Å². The van der Waals surface area contributed by atoms with E-state index in [4.69, 9.17) is 25.8 Å². The Kier molecular flexibility index (Phi) is 8.67. The molecule has 0 radical (unpaired) electrons. The number of morpholine rings is 1. The number of anilines is 3. The molecule has 2 aliphatic rings. The van der Waals surface area contributed by atoms with Gasteiger partial charge in [-0.1, -0.05) is 17.7 Å². The van der Waals surface area contributed by atoms with Gasteiger partial charge >= 0.3 is 5.97 Å². The van der Waals surface area contributed by atoms with Crippen LogP contribution in [0.2, 0.25) is 5.02 Å². The van der Waals surface area contributed by atoms with E-state index in [1.54, 1.807) is 24.3 Å². The van der Waals surface area contributed by atoms with Crippen LogP contribution in [0.15, 0.2) is 48.8 Å². The standard InChI is InChI=1S/C29H31ClFN5O5/c1-29(2)16-41-27(38)13-36(29)8-3-4-26(37)35-24-11-20-23(12-25(24)40-15-18-7-9-39-14-18)32-17-33-28(20)34-19-5-6-22(31)21(30)10-19/h3-6,10-12,17-18H,7-9,13-16H2,1-2H3,(H,35,37)(H,32,33,34)/b4-3+. The highest BCUT2D eigenvalue weighted by Gasteiger charge is 2.34. The molecule has 0 aliphatic carbocycles. The van der Waals surface area contributed by atoms with E-state index >= 15 is 0 Å². The minimum atomic E-state index is -0.527. The molecule has 1 aromatic heterocycles. The number of carbonyl (C=O) groups is 2. The molecule has 0 spiro atoms. The van der Waals surface area contributed by atoms with E-state index in [1.165, 1.54) is 24.5 Å². The number of halogens is 2. The van der Waals surface area contributed by atoms with E-state index in [9.17, 15) is 14.0 Å². The van der Waals surface area contributed by atoms with Crippen LogP contribution in [0, 0.1) is 11.7 Å². The molecular weight excluding hydrogens is 553 g/mol. The zero-order chi connectivity index (χ0) is 29.0. The largest absolute Gasteiger partial charge is 0.491 e. The van der Waals surface area contributed by atoms with Crippen LogP contribution in [-0.2, 0) is 19.1 Å². The minimum absolute atomic E-state index is 0.0236. The predicted octanol–water partition coefficient (Wildman–Crippen LogP) is 4.71. The third-order valence-electron chi connectivity index (χ3n) is 7.03. The maximum atomic E-state index is 13.7. The number of aromatic nitrogens is 2. The highest BCUT2D eigenvalue weighted by molar-refractivity contribution is 6.31. The van der Waals surface area contributed by atoms with Crippen LogP contribution in [0.5, 0.6) is 5.75 Å². The first kappa shape index (κ1) is 28.7. The van der Waals surface area contributed by atoms with Crippen LogP contribution in [0.25, 0.3) is 10.9 Å². The zero-order valence-electron chi connectivity index (χ0n) is 22.8. The second-order valence-electron chi connectivity index (χ2n) is 10.6. The van der Waals surface area contributed by atoms with Gasteiger partial charge in [0.2, 0.25) is 5.91 Å². The van der Waals surface area contributed by atoms with Gasteiger partial charge in [0.25, 0.3) is 0 Å². The highest BCUT2D eigenvalue weighted by Crippen LogP contribution is 2.34. The number of ether oxygens (including phenoxy) is 3. The number of fused-ring (bicyclic) bond motifs is 1. The molecule has 0 saturated carbocycles. The van der Waals surface area contributed by atoms with Crippen LogP contribution < -0.4 is 15.4 Å². The molecule has 12 heteroatoms. The number of hydrogen-bond acceptors (Lipinski definition) is 9. The zero-order valence-corrected chi connectivity index (χ0v) is 23.5. The molecule has 2 N–H and O–H groups in total. The summed E-state index contributed by atoms with van der Waals surface area (Å²) in [5.41, 5.74) is 1.22. The summed E-state index contributed by atoms with van der Waals surface area (Å²) in [4.78, 5) is 35.4. The number of rotatable bonds is 9. The molecular formula is C29H31ClFN5O5. The molecule has 0 bridgehead atoms. The van der Waals surface area contributed by atoms with Crippen molar-refractivity contribution in [1.82, 2.24) is 14.9 Å². The van der Waals surface area contributed by atoms with Crippen molar-refractivity contribution in [3.63, 3.8) is 0 Å². The molecule has 3 heterocycles. The summed E-state index contributed by atoms with van der Waals surface area (Å²) in [6.07, 6.45) is 5.44. The average Bonchev–Trinajstić information content (AvgIpc) is 3.46. The predicted molar refractivity (Wildman–Crippen MR) is 153 cm³/mol. The smallest absolute Gasteiger partial charge is 0.320 e. The van der Waals surface area contributed by atoms with Gasteiger partial charge in [0.05, 0.1) is 41.5 Å². The van der Waals surface area contributed by atoms with Gasteiger partial charge < -0.3 is 24.8 Å². The Morgan fingerprint density at radius 2 is 2.15 bits per heavy atom. The molecule has 216 valence electrons. The molecule has 2 saturated heterocycles. The van der Waals surface area contributed by atoms with Gasteiger partial charge in [-0.25, -0.2) is 14.4 Å². The van der Waals surface area contributed by atoms with Crippen molar-refractivity contribution in [2.24, 2.45) is 5.92 Å². The lowest BCUT2D eigenvalue weighted by molar-refractivity contribution is -0.159. The van der Waals surface area contributed by atoms with E-state index in [1.807, 2.05) is 18.7 Å². The molecule has 10 nitrogen and oxygen atoms in total. The first-order valence-corrected chi connectivity index (χ1v) is 13.7. The summed E-state index contributed by atoms with van der Waals surface area (Å²) < 4.78 is 30.4. The first-order valence-electron chi connectivity index (χ1n) is 13.3. The maximum absolute atomic E-state index is 13.7. The Morgan fingerprint density at radius 3 is 2.93 bits per heavy atom. The second-order valence-corrected chi connectivity index (χ2v) is 11.0. The van der Waals surface area contributed by atoms with Gasteiger partial charge in [0.15, 0.2) is 0 Å². The van der Waals surface area contributed by atoms with Crippen molar-refractivity contribution in [3.05, 3.63) is 59.7 Å². The quantitative estimate of drug-likeness (QED) is 0.273. The highest BCUT2D eigenvalue weighted by atomic mass is 35.5. The molecule has 1 unspecified atom stereocenters. The number of nitrogens with one attached hydrogen (secondary N) is 2. The fourth-order valence-electron chi connectivity index (χ4n) is 4.57. The van der Waals surface area contributed by atoms with Gasteiger partial charge in [0.1, 0.15) is 30.3 Å². The monoisotopic (exact) mass is 583 g/mol. The molecule has 2 aliphatic heterocycles. The van der Waals surface area contributed by atoms with Crippen molar-refractivity contribution < 1.29 is 28.2 Å².